The van der Waals surface area contributed by atoms with Gasteiger partial charge in [0.25, 0.3) is 5.56 Å². The third-order valence-corrected chi connectivity index (χ3v) is 3.90. The highest BCUT2D eigenvalue weighted by atomic mass is 32.1. The molecule has 0 aliphatic heterocycles. The molecule has 0 bridgehead atoms. The van der Waals surface area contributed by atoms with E-state index in [4.69, 9.17) is 15.3 Å². The molecule has 0 spiro atoms. The predicted octanol–water partition coefficient (Wildman–Crippen LogP) is -1.71. The summed E-state index contributed by atoms with van der Waals surface area (Å²) < 4.78 is 1.13. The van der Waals surface area contributed by atoms with Gasteiger partial charge in [0, 0.05) is 0 Å². The van der Waals surface area contributed by atoms with Gasteiger partial charge in [0.2, 0.25) is 5.91 Å². The molecule has 0 fully saturated rings. The fourth-order valence-electron chi connectivity index (χ4n) is 1.76. The average Bonchev–Trinajstić information content (AvgIpc) is 2.97. The number of aromatic nitrogens is 2. The molecule has 2 heterocycles. The summed E-state index contributed by atoms with van der Waals surface area (Å²) in [6.45, 7) is -2.19. The van der Waals surface area contributed by atoms with Crippen molar-refractivity contribution in [3.8, 4) is 0 Å². The van der Waals surface area contributed by atoms with Crippen molar-refractivity contribution in [1.82, 2.24) is 14.9 Å². The van der Waals surface area contributed by atoms with E-state index in [0.717, 1.165) is 4.57 Å². The van der Waals surface area contributed by atoms with Crippen molar-refractivity contribution in [2.45, 2.75) is 12.1 Å². The molecule has 4 N–H and O–H groups in total. The van der Waals surface area contributed by atoms with Gasteiger partial charge in [-0.3, -0.25) is 14.2 Å². The van der Waals surface area contributed by atoms with Crippen LogP contribution < -0.4 is 10.9 Å². The van der Waals surface area contributed by atoms with Gasteiger partial charge in [-0.1, -0.05) is 0 Å². The van der Waals surface area contributed by atoms with Crippen LogP contribution in [0.5, 0.6) is 0 Å². The zero-order valence-electron chi connectivity index (χ0n) is 11.0. The summed E-state index contributed by atoms with van der Waals surface area (Å²) in [4.78, 5) is 28.7. The second-order valence-electron chi connectivity index (χ2n) is 4.62. The lowest BCUT2D eigenvalue weighted by molar-refractivity contribution is -0.126. The molecule has 114 valence electrons. The van der Waals surface area contributed by atoms with E-state index in [0.29, 0.717) is 10.2 Å². The van der Waals surface area contributed by atoms with Gasteiger partial charge in [-0.05, 0) is 11.4 Å². The van der Waals surface area contributed by atoms with Crippen LogP contribution in [0.15, 0.2) is 22.6 Å². The normalized spacial score (nSPS) is 11.8. The highest BCUT2D eigenvalue weighted by Crippen LogP contribution is 2.13. The van der Waals surface area contributed by atoms with Crippen LogP contribution in [0, 0.1) is 0 Å². The van der Waals surface area contributed by atoms with Gasteiger partial charge in [0.1, 0.15) is 16.9 Å². The van der Waals surface area contributed by atoms with E-state index in [1.807, 2.05) is 0 Å². The Morgan fingerprint density at radius 2 is 2.00 bits per heavy atom. The standard InChI is InChI=1S/C12H15N3O5S/c16-4-12(5-17,6-18)14-9(19)3-15-7-13-10-8(11(15)20)1-2-21-10/h1-2,7,16-18H,3-6H2,(H,14,19). The predicted molar refractivity (Wildman–Crippen MR) is 76.0 cm³/mol. The molecule has 1 amide bonds. The Kier molecular flexibility index (Phi) is 4.68. The Hall–Kier alpha value is -1.81. The highest BCUT2D eigenvalue weighted by Gasteiger charge is 2.30. The van der Waals surface area contributed by atoms with Crippen LogP contribution in [0.3, 0.4) is 0 Å². The van der Waals surface area contributed by atoms with E-state index < -0.39 is 31.3 Å². The quantitative estimate of drug-likeness (QED) is 0.503. The van der Waals surface area contributed by atoms with Gasteiger partial charge in [0.05, 0.1) is 31.5 Å². The first kappa shape index (κ1) is 15.6. The molecule has 0 aliphatic rings. The zero-order chi connectivity index (χ0) is 15.5. The molecule has 0 radical (unpaired) electrons. The summed E-state index contributed by atoms with van der Waals surface area (Å²) in [5.41, 5.74) is -1.86. The number of rotatable bonds is 6. The van der Waals surface area contributed by atoms with Crippen LogP contribution in [-0.2, 0) is 11.3 Å². The van der Waals surface area contributed by atoms with Crippen LogP contribution in [-0.4, -0.2) is 56.1 Å². The Labute approximate surface area is 123 Å². The van der Waals surface area contributed by atoms with Crippen molar-refractivity contribution < 1.29 is 20.1 Å². The summed E-state index contributed by atoms with van der Waals surface area (Å²) >= 11 is 1.33. The SMILES string of the molecule is O=C(Cn1cnc2sccc2c1=O)NC(CO)(CO)CO. The van der Waals surface area contributed by atoms with E-state index in [-0.39, 0.29) is 12.1 Å². The van der Waals surface area contributed by atoms with E-state index >= 15 is 0 Å². The molecule has 21 heavy (non-hydrogen) atoms. The monoisotopic (exact) mass is 313 g/mol. The van der Waals surface area contributed by atoms with E-state index in [2.05, 4.69) is 10.3 Å². The average molecular weight is 313 g/mol. The maximum atomic E-state index is 12.1. The second-order valence-corrected chi connectivity index (χ2v) is 5.51. The van der Waals surface area contributed by atoms with E-state index in [1.165, 1.54) is 17.7 Å². The van der Waals surface area contributed by atoms with Crippen molar-refractivity contribution in [3.63, 3.8) is 0 Å². The lowest BCUT2D eigenvalue weighted by Gasteiger charge is -2.28. The van der Waals surface area contributed by atoms with Crippen LogP contribution in [0.4, 0.5) is 0 Å². The minimum absolute atomic E-state index is 0.320. The highest BCUT2D eigenvalue weighted by molar-refractivity contribution is 7.16. The topological polar surface area (TPSA) is 125 Å². The lowest BCUT2D eigenvalue weighted by atomic mass is 10.0. The van der Waals surface area contributed by atoms with Crippen molar-refractivity contribution in [2.75, 3.05) is 19.8 Å². The number of carbonyl (C=O) groups excluding carboxylic acids is 1. The van der Waals surface area contributed by atoms with Crippen molar-refractivity contribution in [1.29, 1.82) is 0 Å². The molecule has 9 heteroatoms. The van der Waals surface area contributed by atoms with Crippen LogP contribution in [0.25, 0.3) is 10.2 Å². The summed E-state index contributed by atoms with van der Waals surface area (Å²) in [7, 11) is 0. The van der Waals surface area contributed by atoms with Gasteiger partial charge < -0.3 is 20.6 Å². The van der Waals surface area contributed by atoms with Crippen molar-refractivity contribution >= 4 is 27.5 Å². The molecule has 0 aromatic carbocycles. The Balaban J connectivity index is 2.18. The maximum Gasteiger partial charge on any atom is 0.262 e. The number of aliphatic hydroxyl groups is 3. The van der Waals surface area contributed by atoms with E-state index in [1.54, 1.807) is 11.4 Å². The number of amides is 1. The molecule has 0 atom stereocenters. The molecule has 0 aliphatic carbocycles. The number of hydrogen-bond acceptors (Lipinski definition) is 7. The van der Waals surface area contributed by atoms with Crippen LogP contribution >= 0.6 is 11.3 Å². The van der Waals surface area contributed by atoms with Crippen LogP contribution in [0.2, 0.25) is 0 Å². The number of thiophene rings is 1. The fourth-order valence-corrected chi connectivity index (χ4v) is 2.49. The number of hydrogen-bond donors (Lipinski definition) is 4. The molecule has 0 saturated carbocycles. The third-order valence-electron chi connectivity index (χ3n) is 3.08. The number of aliphatic hydroxyl groups excluding tert-OH is 3. The molecular weight excluding hydrogens is 298 g/mol. The number of fused-ring (bicyclic) bond motifs is 1. The maximum absolute atomic E-state index is 12.1. The number of carbonyl (C=O) groups is 1. The fraction of sp³-hybridized carbons (Fsp3) is 0.417. The molecule has 2 aromatic heterocycles. The van der Waals surface area contributed by atoms with Crippen LogP contribution in [0.1, 0.15) is 0 Å². The van der Waals surface area contributed by atoms with Crippen molar-refractivity contribution in [3.05, 3.63) is 28.1 Å². The minimum atomic E-state index is -1.51. The molecule has 0 unspecified atom stereocenters. The minimum Gasteiger partial charge on any atom is -0.394 e. The largest absolute Gasteiger partial charge is 0.394 e. The molecular formula is C12H15N3O5S. The third kappa shape index (κ3) is 3.10. The summed E-state index contributed by atoms with van der Waals surface area (Å²) in [5.74, 6) is -0.620. The van der Waals surface area contributed by atoms with Gasteiger partial charge >= 0.3 is 0 Å². The Bertz CT molecular complexity index is 683. The Morgan fingerprint density at radius 1 is 1.33 bits per heavy atom. The number of nitrogens with one attached hydrogen (secondary N) is 1. The molecule has 0 saturated heterocycles. The first-order valence-electron chi connectivity index (χ1n) is 6.11. The summed E-state index contributed by atoms with van der Waals surface area (Å²) in [6, 6.07) is 1.63. The molecule has 2 aromatic rings. The van der Waals surface area contributed by atoms with E-state index in [9.17, 15) is 9.59 Å². The second kappa shape index (κ2) is 6.31. The number of nitrogens with zero attached hydrogens (tertiary/aromatic N) is 2. The van der Waals surface area contributed by atoms with Gasteiger partial charge in [-0.15, -0.1) is 11.3 Å². The van der Waals surface area contributed by atoms with Gasteiger partial charge in [0.15, 0.2) is 0 Å². The lowest BCUT2D eigenvalue weighted by Crippen LogP contribution is -2.57. The molecule has 2 rings (SSSR count). The van der Waals surface area contributed by atoms with Gasteiger partial charge in [-0.25, -0.2) is 4.98 Å². The first-order chi connectivity index (χ1) is 10.0. The van der Waals surface area contributed by atoms with Gasteiger partial charge in [-0.2, -0.15) is 0 Å². The molecule has 8 nitrogen and oxygen atoms in total. The Morgan fingerprint density at radius 3 is 2.62 bits per heavy atom. The first-order valence-corrected chi connectivity index (χ1v) is 6.99. The van der Waals surface area contributed by atoms with Crippen molar-refractivity contribution in [2.24, 2.45) is 0 Å². The smallest absolute Gasteiger partial charge is 0.262 e. The summed E-state index contributed by atoms with van der Waals surface area (Å²) in [5, 5.41) is 31.9. The zero-order valence-corrected chi connectivity index (χ0v) is 11.8. The summed E-state index contributed by atoms with van der Waals surface area (Å²) in [6.07, 6.45) is 1.26.